The molecule has 252 valence electrons. The van der Waals surface area contributed by atoms with E-state index in [4.69, 9.17) is 32.8 Å². The van der Waals surface area contributed by atoms with Gasteiger partial charge in [0.15, 0.2) is 41.0 Å². The lowest BCUT2D eigenvalue weighted by Crippen LogP contribution is -2.64. The maximum atomic E-state index is 13.2. The topological polar surface area (TPSA) is 268 Å². The van der Waals surface area contributed by atoms with Crippen LogP contribution in [-0.2, 0) is 14.2 Å². The number of aliphatic hydroxyl groups is 6. The highest BCUT2D eigenvalue weighted by Crippen LogP contribution is 2.45. The van der Waals surface area contributed by atoms with Crippen molar-refractivity contribution in [2.75, 3.05) is 20.8 Å². The van der Waals surface area contributed by atoms with Crippen LogP contribution < -0.4 is 19.6 Å². The van der Waals surface area contributed by atoms with E-state index in [1.54, 1.807) is 0 Å². The number of aromatic hydroxyl groups is 3. The van der Waals surface area contributed by atoms with Crippen molar-refractivity contribution in [2.45, 2.75) is 68.3 Å². The first-order valence-electron chi connectivity index (χ1n) is 13.9. The summed E-state index contributed by atoms with van der Waals surface area (Å²) in [4.78, 5) is 13.2. The smallest absolute Gasteiger partial charge is 0.238 e. The van der Waals surface area contributed by atoms with Crippen molar-refractivity contribution in [1.29, 1.82) is 0 Å². The number of rotatable bonds is 8. The average Bonchev–Trinajstić information content (AvgIpc) is 3.03. The van der Waals surface area contributed by atoms with Crippen molar-refractivity contribution in [2.24, 2.45) is 0 Å². The van der Waals surface area contributed by atoms with E-state index in [9.17, 15) is 50.8 Å². The largest absolute Gasteiger partial charge is 0.507 e. The number of hydrogen-bond donors (Lipinski definition) is 9. The second kappa shape index (κ2) is 13.1. The lowest BCUT2D eigenvalue weighted by Gasteiger charge is -2.45. The number of aliphatic hydroxyl groups excluding tert-OH is 6. The summed E-state index contributed by atoms with van der Waals surface area (Å²) in [6.45, 7) is 0.606. The minimum atomic E-state index is -1.85. The van der Waals surface area contributed by atoms with E-state index in [-0.39, 0.29) is 28.6 Å². The van der Waals surface area contributed by atoms with E-state index in [1.165, 1.54) is 39.3 Å². The van der Waals surface area contributed by atoms with Gasteiger partial charge in [0, 0.05) is 11.6 Å². The SMILES string of the molecule is COc1cc(-c2oc3c(OC)c(O[C@@H]4O[C@@H](CO)[C@H](O)[C@H](O)[C@H]4O[C@@H]4O[C@@H](C)[C@H](O)[C@H](O)[C@H]4O)cc(O)c3c(=O)c2O)ccc1O. The maximum Gasteiger partial charge on any atom is 0.238 e. The molecule has 0 radical (unpaired) electrons. The first kappa shape index (κ1) is 33.5. The summed E-state index contributed by atoms with van der Waals surface area (Å²) in [5.74, 6) is -2.94. The Morgan fingerprint density at radius 1 is 0.804 bits per heavy atom. The highest BCUT2D eigenvalue weighted by molar-refractivity contribution is 5.93. The molecule has 5 rings (SSSR count). The Kier molecular flexibility index (Phi) is 9.50. The zero-order valence-corrected chi connectivity index (χ0v) is 24.6. The zero-order chi connectivity index (χ0) is 33.6. The average molecular weight is 655 g/mol. The van der Waals surface area contributed by atoms with Crippen LogP contribution in [0, 0.1) is 0 Å². The quantitative estimate of drug-likeness (QED) is 0.135. The fraction of sp³-hybridized carbons (Fsp3) is 0.483. The van der Waals surface area contributed by atoms with E-state index in [0.717, 1.165) is 6.07 Å². The molecule has 10 atom stereocenters. The summed E-state index contributed by atoms with van der Waals surface area (Å²) in [6.07, 6.45) is -16.1. The Balaban J connectivity index is 1.58. The van der Waals surface area contributed by atoms with Crippen LogP contribution in [0.15, 0.2) is 33.5 Å². The van der Waals surface area contributed by atoms with Crippen molar-refractivity contribution in [3.05, 3.63) is 34.5 Å². The molecule has 17 nitrogen and oxygen atoms in total. The van der Waals surface area contributed by atoms with Gasteiger partial charge in [-0.2, -0.15) is 0 Å². The van der Waals surface area contributed by atoms with Crippen LogP contribution in [0.25, 0.3) is 22.3 Å². The standard InChI is InChI=1S/C29H34O17/c1-9-17(33)20(36)23(39)28(42-9)46-27-21(37)18(34)15(8-30)44-29(27)43-14-7-12(32)16-19(35)22(38)24(45-26(16)25(14)41-3)10-4-5-11(31)13(6-10)40-2/h4-7,9,15,17-18,20-21,23,27-34,36-39H,8H2,1-3H3/t9-,15-,17-,18-,20-,21-,23+,27+,28-,29+/m0/s1. The third kappa shape index (κ3) is 5.76. The van der Waals surface area contributed by atoms with Crippen LogP contribution in [0.1, 0.15) is 6.92 Å². The second-order valence-corrected chi connectivity index (χ2v) is 10.7. The van der Waals surface area contributed by atoms with Gasteiger partial charge >= 0.3 is 0 Å². The van der Waals surface area contributed by atoms with Crippen molar-refractivity contribution < 1.29 is 78.8 Å². The first-order chi connectivity index (χ1) is 21.8. The molecule has 0 spiro atoms. The molecule has 2 fully saturated rings. The predicted molar refractivity (Wildman–Crippen MR) is 152 cm³/mol. The summed E-state index contributed by atoms with van der Waals surface area (Å²) in [6, 6.07) is 4.76. The van der Waals surface area contributed by atoms with Gasteiger partial charge in [-0.1, -0.05) is 0 Å². The molecule has 0 saturated carbocycles. The summed E-state index contributed by atoms with van der Waals surface area (Å²) in [5.41, 5.74) is -1.37. The molecule has 3 heterocycles. The fourth-order valence-corrected chi connectivity index (χ4v) is 5.29. The summed E-state index contributed by atoms with van der Waals surface area (Å²) in [7, 11) is 2.45. The van der Waals surface area contributed by atoms with Crippen molar-refractivity contribution in [3.63, 3.8) is 0 Å². The van der Waals surface area contributed by atoms with Crippen LogP contribution in [0.2, 0.25) is 0 Å². The van der Waals surface area contributed by atoms with Crippen LogP contribution in [0.4, 0.5) is 0 Å². The minimum Gasteiger partial charge on any atom is -0.507 e. The number of phenols is 2. The number of methoxy groups -OCH3 is 2. The van der Waals surface area contributed by atoms with Crippen LogP contribution in [0.3, 0.4) is 0 Å². The summed E-state index contributed by atoms with van der Waals surface area (Å²) in [5, 5.41) is 93.0. The zero-order valence-electron chi connectivity index (χ0n) is 24.6. The van der Waals surface area contributed by atoms with Gasteiger partial charge in [-0.05, 0) is 25.1 Å². The Bertz CT molecular complexity index is 1620. The molecule has 3 aromatic rings. The van der Waals surface area contributed by atoms with Gasteiger partial charge in [0.05, 0.1) is 26.9 Å². The molecule has 0 aliphatic carbocycles. The Labute approximate surface area is 259 Å². The molecule has 9 N–H and O–H groups in total. The van der Waals surface area contributed by atoms with Gasteiger partial charge in [-0.15, -0.1) is 0 Å². The van der Waals surface area contributed by atoms with Gasteiger partial charge in [-0.25, -0.2) is 0 Å². The lowest BCUT2D eigenvalue weighted by molar-refractivity contribution is -0.354. The fourth-order valence-electron chi connectivity index (χ4n) is 5.29. The van der Waals surface area contributed by atoms with Crippen molar-refractivity contribution in [3.8, 4) is 45.8 Å². The summed E-state index contributed by atoms with van der Waals surface area (Å²) >= 11 is 0. The molecule has 0 unspecified atom stereocenters. The third-order valence-electron chi connectivity index (χ3n) is 7.86. The first-order valence-corrected chi connectivity index (χ1v) is 13.9. The lowest BCUT2D eigenvalue weighted by atomic mass is 9.97. The summed E-state index contributed by atoms with van der Waals surface area (Å²) < 4.78 is 39.1. The molecule has 2 saturated heterocycles. The van der Waals surface area contributed by atoms with Crippen molar-refractivity contribution in [1.82, 2.24) is 0 Å². The Morgan fingerprint density at radius 3 is 2.17 bits per heavy atom. The minimum absolute atomic E-state index is 0.00491. The number of benzene rings is 2. The second-order valence-electron chi connectivity index (χ2n) is 10.7. The molecule has 46 heavy (non-hydrogen) atoms. The predicted octanol–water partition coefficient (Wildman–Crippen LogP) is -1.38. The van der Waals surface area contributed by atoms with E-state index < -0.39 is 102 Å². The number of phenolic OH excluding ortho intramolecular Hbond substituents is 2. The Hall–Kier alpha value is -3.91. The number of fused-ring (bicyclic) bond motifs is 1. The highest BCUT2D eigenvalue weighted by atomic mass is 16.8. The molecular formula is C29H34O17. The molecule has 2 aromatic carbocycles. The van der Waals surface area contributed by atoms with Crippen molar-refractivity contribution >= 4 is 11.0 Å². The van der Waals surface area contributed by atoms with Crippen LogP contribution in [-0.4, -0.2) is 128 Å². The van der Waals surface area contributed by atoms with Crippen LogP contribution in [0.5, 0.6) is 34.5 Å². The normalized spacial score (nSPS) is 31.5. The monoisotopic (exact) mass is 654 g/mol. The Morgan fingerprint density at radius 2 is 1.52 bits per heavy atom. The third-order valence-corrected chi connectivity index (χ3v) is 7.86. The van der Waals surface area contributed by atoms with Gasteiger partial charge in [0.25, 0.3) is 0 Å². The molecule has 2 aliphatic rings. The molecule has 0 bridgehead atoms. The van der Waals surface area contributed by atoms with E-state index in [1.807, 2.05) is 0 Å². The van der Waals surface area contributed by atoms with Crippen LogP contribution >= 0.6 is 0 Å². The van der Waals surface area contributed by atoms with E-state index in [0.29, 0.717) is 0 Å². The highest BCUT2D eigenvalue weighted by Gasteiger charge is 2.51. The van der Waals surface area contributed by atoms with E-state index in [2.05, 4.69) is 0 Å². The molecular weight excluding hydrogens is 620 g/mol. The van der Waals surface area contributed by atoms with E-state index >= 15 is 0 Å². The molecule has 0 amide bonds. The maximum absolute atomic E-state index is 13.2. The molecule has 1 aromatic heterocycles. The molecule has 17 heteroatoms. The van der Waals surface area contributed by atoms with Gasteiger partial charge in [-0.3, -0.25) is 4.79 Å². The number of ether oxygens (including phenoxy) is 6. The van der Waals surface area contributed by atoms with Gasteiger partial charge in [0.2, 0.25) is 23.2 Å². The van der Waals surface area contributed by atoms with Gasteiger partial charge < -0.3 is 78.8 Å². The number of hydrogen-bond acceptors (Lipinski definition) is 17. The molecule has 2 aliphatic heterocycles. The van der Waals surface area contributed by atoms with Gasteiger partial charge in [0.1, 0.15) is 47.8 Å².